The number of benzene rings is 1. The van der Waals surface area contributed by atoms with E-state index < -0.39 is 11.6 Å². The Morgan fingerprint density at radius 2 is 2.14 bits per heavy atom. The summed E-state index contributed by atoms with van der Waals surface area (Å²) in [5.74, 6) is -0.609. The molecule has 1 aromatic heterocycles. The Morgan fingerprint density at radius 1 is 1.38 bits per heavy atom. The van der Waals surface area contributed by atoms with E-state index in [2.05, 4.69) is 16.9 Å². The van der Waals surface area contributed by atoms with Crippen LogP contribution in [0.4, 0.5) is 8.78 Å². The van der Waals surface area contributed by atoms with Gasteiger partial charge in [0.15, 0.2) is 5.82 Å². The number of rotatable bonds is 2. The first-order chi connectivity index (χ1) is 9.97. The minimum absolute atomic E-state index is 0.145. The molecule has 0 amide bonds. The molecule has 1 fully saturated rings. The molecule has 21 heavy (non-hydrogen) atoms. The highest BCUT2D eigenvalue weighted by atomic mass is 35.5. The molecule has 2 atom stereocenters. The Hall–Kier alpha value is -1.20. The molecule has 0 radical (unpaired) electrons. The standard InChI is InChI=1S/C15H18ClF2N3/c1-9(16)15-19-14-12(18)6-10(17)7-13(14)21(15)11-4-3-5-20(2)8-11/h6-7,9,11H,3-5,8H2,1-2H3. The quantitative estimate of drug-likeness (QED) is 0.785. The fourth-order valence-corrected chi connectivity index (χ4v) is 3.31. The first-order valence-corrected chi connectivity index (χ1v) is 7.60. The highest BCUT2D eigenvalue weighted by Crippen LogP contribution is 2.33. The molecule has 2 heterocycles. The van der Waals surface area contributed by atoms with Crippen LogP contribution in [0.5, 0.6) is 0 Å². The fourth-order valence-electron chi connectivity index (χ4n) is 3.15. The highest BCUT2D eigenvalue weighted by Gasteiger charge is 2.26. The lowest BCUT2D eigenvalue weighted by Gasteiger charge is -2.32. The van der Waals surface area contributed by atoms with Crippen LogP contribution in [-0.2, 0) is 0 Å². The second-order valence-electron chi connectivity index (χ2n) is 5.77. The SMILES string of the molecule is CC(Cl)c1nc2c(F)cc(F)cc2n1C1CCCN(C)C1. The fraction of sp³-hybridized carbons (Fsp3) is 0.533. The maximum Gasteiger partial charge on any atom is 0.153 e. The van der Waals surface area contributed by atoms with Crippen molar-refractivity contribution in [3.63, 3.8) is 0 Å². The van der Waals surface area contributed by atoms with Gasteiger partial charge in [-0.3, -0.25) is 0 Å². The minimum Gasteiger partial charge on any atom is -0.322 e. The molecule has 0 spiro atoms. The summed E-state index contributed by atoms with van der Waals surface area (Å²) in [5, 5.41) is -0.355. The molecule has 114 valence electrons. The largest absolute Gasteiger partial charge is 0.322 e. The van der Waals surface area contributed by atoms with E-state index in [1.165, 1.54) is 6.07 Å². The lowest BCUT2D eigenvalue weighted by atomic mass is 10.1. The van der Waals surface area contributed by atoms with Crippen molar-refractivity contribution in [3.8, 4) is 0 Å². The number of piperidine rings is 1. The van der Waals surface area contributed by atoms with Crippen molar-refractivity contribution in [2.45, 2.75) is 31.2 Å². The maximum atomic E-state index is 14.0. The average molecular weight is 314 g/mol. The summed E-state index contributed by atoms with van der Waals surface area (Å²) in [4.78, 5) is 6.54. The number of alkyl halides is 1. The minimum atomic E-state index is -0.633. The number of imidazole rings is 1. The van der Waals surface area contributed by atoms with Gasteiger partial charge in [0.1, 0.15) is 17.2 Å². The molecule has 3 nitrogen and oxygen atoms in total. The Balaban J connectivity index is 2.20. The third-order valence-electron chi connectivity index (χ3n) is 4.06. The number of aromatic nitrogens is 2. The maximum absolute atomic E-state index is 14.0. The van der Waals surface area contributed by atoms with E-state index in [0.717, 1.165) is 32.0 Å². The molecule has 2 aromatic rings. The van der Waals surface area contributed by atoms with Crippen LogP contribution in [0.25, 0.3) is 11.0 Å². The van der Waals surface area contributed by atoms with Crippen molar-refractivity contribution >= 4 is 22.6 Å². The smallest absolute Gasteiger partial charge is 0.153 e. The van der Waals surface area contributed by atoms with Crippen molar-refractivity contribution in [1.82, 2.24) is 14.5 Å². The van der Waals surface area contributed by atoms with Crippen LogP contribution in [0, 0.1) is 11.6 Å². The van der Waals surface area contributed by atoms with E-state index in [4.69, 9.17) is 11.6 Å². The van der Waals surface area contributed by atoms with E-state index >= 15 is 0 Å². The van der Waals surface area contributed by atoms with Crippen molar-refractivity contribution < 1.29 is 8.78 Å². The van der Waals surface area contributed by atoms with Gasteiger partial charge in [-0.25, -0.2) is 13.8 Å². The van der Waals surface area contributed by atoms with Gasteiger partial charge < -0.3 is 9.47 Å². The van der Waals surface area contributed by atoms with Gasteiger partial charge in [-0.05, 0) is 39.4 Å². The van der Waals surface area contributed by atoms with Crippen molar-refractivity contribution in [1.29, 1.82) is 0 Å². The summed E-state index contributed by atoms with van der Waals surface area (Å²) in [6, 6.07) is 2.36. The van der Waals surface area contributed by atoms with Crippen LogP contribution in [0.3, 0.4) is 0 Å². The molecule has 2 unspecified atom stereocenters. The predicted molar refractivity (Wildman–Crippen MR) is 79.7 cm³/mol. The predicted octanol–water partition coefficient (Wildman–Crippen LogP) is 3.88. The van der Waals surface area contributed by atoms with Gasteiger partial charge in [0.05, 0.1) is 10.9 Å². The van der Waals surface area contributed by atoms with Crippen LogP contribution in [-0.4, -0.2) is 34.6 Å². The Kier molecular flexibility index (Phi) is 3.88. The van der Waals surface area contributed by atoms with Gasteiger partial charge >= 0.3 is 0 Å². The topological polar surface area (TPSA) is 21.1 Å². The Labute approximate surface area is 127 Å². The van der Waals surface area contributed by atoms with Gasteiger partial charge in [-0.15, -0.1) is 11.6 Å². The van der Waals surface area contributed by atoms with Gasteiger partial charge in [0.25, 0.3) is 0 Å². The first-order valence-electron chi connectivity index (χ1n) is 7.17. The molecule has 3 rings (SSSR count). The highest BCUT2D eigenvalue weighted by molar-refractivity contribution is 6.20. The molecule has 6 heteroatoms. The van der Waals surface area contributed by atoms with Gasteiger partial charge in [-0.2, -0.15) is 0 Å². The van der Waals surface area contributed by atoms with E-state index in [1.54, 1.807) is 6.92 Å². The molecule has 0 aliphatic carbocycles. The Bertz CT molecular complexity index is 668. The van der Waals surface area contributed by atoms with Gasteiger partial charge in [0.2, 0.25) is 0 Å². The number of hydrogen-bond donors (Lipinski definition) is 0. The van der Waals surface area contributed by atoms with E-state index in [-0.39, 0.29) is 16.9 Å². The molecule has 0 bridgehead atoms. The van der Waals surface area contributed by atoms with Gasteiger partial charge in [-0.1, -0.05) is 0 Å². The lowest BCUT2D eigenvalue weighted by Crippen LogP contribution is -2.34. The molecular weight excluding hydrogens is 296 g/mol. The van der Waals surface area contributed by atoms with Crippen molar-refractivity contribution in [3.05, 3.63) is 29.6 Å². The van der Waals surface area contributed by atoms with Crippen LogP contribution >= 0.6 is 11.6 Å². The number of likely N-dealkylation sites (tertiary alicyclic amines) is 1. The number of hydrogen-bond acceptors (Lipinski definition) is 2. The van der Waals surface area contributed by atoms with E-state index in [9.17, 15) is 8.78 Å². The zero-order chi connectivity index (χ0) is 15.1. The van der Waals surface area contributed by atoms with Crippen LogP contribution in [0.1, 0.15) is 37.0 Å². The molecule has 1 aliphatic heterocycles. The Morgan fingerprint density at radius 3 is 2.81 bits per heavy atom. The number of halogens is 3. The number of nitrogens with zero attached hydrogens (tertiary/aromatic N) is 3. The molecule has 1 aliphatic rings. The summed E-state index contributed by atoms with van der Waals surface area (Å²) in [5.41, 5.74) is 0.697. The number of likely N-dealkylation sites (N-methyl/N-ethyl adjacent to an activating group) is 1. The first kappa shape index (κ1) is 14.7. The van der Waals surface area contributed by atoms with E-state index in [1.807, 2.05) is 4.57 Å². The number of fused-ring (bicyclic) bond motifs is 1. The zero-order valence-electron chi connectivity index (χ0n) is 12.1. The summed E-state index contributed by atoms with van der Waals surface area (Å²) in [7, 11) is 2.05. The molecule has 0 N–H and O–H groups in total. The van der Waals surface area contributed by atoms with Crippen LogP contribution in [0.15, 0.2) is 12.1 Å². The third-order valence-corrected chi connectivity index (χ3v) is 4.26. The lowest BCUT2D eigenvalue weighted by molar-refractivity contribution is 0.212. The van der Waals surface area contributed by atoms with E-state index in [0.29, 0.717) is 11.3 Å². The van der Waals surface area contributed by atoms with Crippen LogP contribution < -0.4 is 0 Å². The monoisotopic (exact) mass is 313 g/mol. The second kappa shape index (κ2) is 5.54. The summed E-state index contributed by atoms with van der Waals surface area (Å²) >= 11 is 6.21. The summed E-state index contributed by atoms with van der Waals surface area (Å²) in [6.45, 7) is 3.68. The van der Waals surface area contributed by atoms with Crippen molar-refractivity contribution in [2.75, 3.05) is 20.1 Å². The molecular formula is C15H18ClF2N3. The normalized spacial score (nSPS) is 21.9. The van der Waals surface area contributed by atoms with Crippen molar-refractivity contribution in [2.24, 2.45) is 0 Å². The van der Waals surface area contributed by atoms with Gasteiger partial charge in [0, 0.05) is 18.7 Å². The third kappa shape index (κ3) is 2.64. The second-order valence-corrected chi connectivity index (χ2v) is 6.42. The average Bonchev–Trinajstić information content (AvgIpc) is 2.78. The summed E-state index contributed by atoms with van der Waals surface area (Å²) in [6.07, 6.45) is 2.01. The summed E-state index contributed by atoms with van der Waals surface area (Å²) < 4.78 is 29.5. The molecule has 0 saturated carbocycles. The molecule has 1 saturated heterocycles. The van der Waals surface area contributed by atoms with Crippen LogP contribution in [0.2, 0.25) is 0 Å². The molecule has 1 aromatic carbocycles. The zero-order valence-corrected chi connectivity index (χ0v) is 12.9.